The van der Waals surface area contributed by atoms with E-state index in [1.807, 2.05) is 11.9 Å². The summed E-state index contributed by atoms with van der Waals surface area (Å²) in [6.45, 7) is 1.42. The molecule has 0 aliphatic heterocycles. The molecule has 2 aromatic rings. The molecule has 0 radical (unpaired) electrons. The van der Waals surface area contributed by atoms with Gasteiger partial charge in [-0.05, 0) is 7.05 Å². The smallest absolute Gasteiger partial charge is 0.165 e. The van der Waals surface area contributed by atoms with Crippen LogP contribution >= 0.6 is 0 Å². The molecule has 2 rings (SSSR count). The molecule has 0 aromatic carbocycles. The van der Waals surface area contributed by atoms with Crippen molar-refractivity contribution >= 4 is 17.0 Å². The average Bonchev–Trinajstić information content (AvgIpc) is 2.74. The summed E-state index contributed by atoms with van der Waals surface area (Å²) in [7, 11) is 1.84. The van der Waals surface area contributed by atoms with Crippen molar-refractivity contribution in [2.24, 2.45) is 0 Å². The molecule has 0 fully saturated rings. The number of nitrogens with zero attached hydrogens (tertiary/aromatic N) is 5. The van der Waals surface area contributed by atoms with Crippen LogP contribution in [0, 0.1) is 0 Å². The van der Waals surface area contributed by atoms with Crippen LogP contribution in [-0.4, -0.2) is 67.5 Å². The topological polar surface area (TPSA) is 113 Å². The lowest BCUT2D eigenvalue weighted by Gasteiger charge is -2.19. The Labute approximate surface area is 110 Å². The van der Waals surface area contributed by atoms with Gasteiger partial charge in [0.1, 0.15) is 11.8 Å². The number of nitrogen functional groups attached to an aromatic ring is 1. The number of rotatable bonds is 6. The number of hydrogen-bond acceptors (Lipinski definition) is 7. The Morgan fingerprint density at radius 1 is 1.42 bits per heavy atom. The highest BCUT2D eigenvalue weighted by Gasteiger charge is 2.13. The summed E-state index contributed by atoms with van der Waals surface area (Å²) in [5.74, 6) is 0.329. The minimum atomic E-state index is -0.579. The molecule has 104 valence electrons. The van der Waals surface area contributed by atoms with Gasteiger partial charge < -0.3 is 25.4 Å². The molecule has 2 heterocycles. The summed E-state index contributed by atoms with van der Waals surface area (Å²) in [5.41, 5.74) is 6.84. The van der Waals surface area contributed by atoms with Crippen molar-refractivity contribution in [3.63, 3.8) is 0 Å². The van der Waals surface area contributed by atoms with Crippen molar-refractivity contribution in [3.05, 3.63) is 12.7 Å². The molecular formula is C11H18N6O2. The van der Waals surface area contributed by atoms with Crippen molar-refractivity contribution in [2.45, 2.75) is 12.6 Å². The molecule has 4 N–H and O–H groups in total. The molecule has 1 atom stereocenters. The summed E-state index contributed by atoms with van der Waals surface area (Å²) < 4.78 is 1.74. The molecule has 0 spiro atoms. The van der Waals surface area contributed by atoms with Gasteiger partial charge in [0.25, 0.3) is 0 Å². The summed E-state index contributed by atoms with van der Waals surface area (Å²) in [6, 6.07) is 0. The van der Waals surface area contributed by atoms with E-state index < -0.39 is 6.10 Å². The zero-order valence-electron chi connectivity index (χ0n) is 10.8. The maximum Gasteiger partial charge on any atom is 0.165 e. The lowest BCUT2D eigenvalue weighted by Crippen LogP contribution is -2.33. The Bertz CT molecular complexity index is 543. The monoisotopic (exact) mass is 266 g/mol. The zero-order valence-corrected chi connectivity index (χ0v) is 10.8. The first-order chi connectivity index (χ1) is 9.11. The zero-order chi connectivity index (χ0) is 13.8. The molecule has 8 nitrogen and oxygen atoms in total. The first kappa shape index (κ1) is 13.7. The summed E-state index contributed by atoms with van der Waals surface area (Å²) >= 11 is 0. The predicted molar refractivity (Wildman–Crippen MR) is 70.3 cm³/mol. The molecule has 0 aliphatic carbocycles. The number of hydrogen-bond donors (Lipinski definition) is 3. The van der Waals surface area contributed by atoms with E-state index in [4.69, 9.17) is 10.8 Å². The lowest BCUT2D eigenvalue weighted by molar-refractivity contribution is 0.101. The first-order valence-corrected chi connectivity index (χ1v) is 6.00. The van der Waals surface area contributed by atoms with E-state index in [0.29, 0.717) is 36.6 Å². The predicted octanol–water partition coefficient (Wildman–Crippen LogP) is -1.31. The Kier molecular flexibility index (Phi) is 4.25. The number of aromatic nitrogens is 4. The highest BCUT2D eigenvalue weighted by atomic mass is 16.3. The highest BCUT2D eigenvalue weighted by molar-refractivity contribution is 5.81. The van der Waals surface area contributed by atoms with Crippen LogP contribution < -0.4 is 5.73 Å². The van der Waals surface area contributed by atoms with Crippen LogP contribution in [0.25, 0.3) is 11.2 Å². The third-order valence-corrected chi connectivity index (χ3v) is 2.84. The standard InChI is InChI=1S/C11H18N6O2/c1-16(2-3-18)4-8(19)5-17-7-15-9-10(12)13-6-14-11(9)17/h6-8,18-19H,2-5H2,1H3,(H2,12,13,14). The van der Waals surface area contributed by atoms with E-state index in [2.05, 4.69) is 15.0 Å². The van der Waals surface area contributed by atoms with Crippen LogP contribution in [-0.2, 0) is 6.54 Å². The summed E-state index contributed by atoms with van der Waals surface area (Å²) in [4.78, 5) is 14.0. The van der Waals surface area contributed by atoms with Gasteiger partial charge in [-0.3, -0.25) is 0 Å². The van der Waals surface area contributed by atoms with Crippen LogP contribution in [0.15, 0.2) is 12.7 Å². The molecule has 8 heteroatoms. The number of imidazole rings is 1. The molecule has 0 bridgehead atoms. The largest absolute Gasteiger partial charge is 0.395 e. The van der Waals surface area contributed by atoms with E-state index in [9.17, 15) is 5.11 Å². The van der Waals surface area contributed by atoms with E-state index in [1.165, 1.54) is 6.33 Å². The number of fused-ring (bicyclic) bond motifs is 1. The minimum Gasteiger partial charge on any atom is -0.395 e. The first-order valence-electron chi connectivity index (χ1n) is 6.00. The Hall–Kier alpha value is -1.77. The third-order valence-electron chi connectivity index (χ3n) is 2.84. The van der Waals surface area contributed by atoms with Crippen LogP contribution in [0.4, 0.5) is 5.82 Å². The molecule has 1 unspecified atom stereocenters. The minimum absolute atomic E-state index is 0.0704. The Balaban J connectivity index is 2.07. The van der Waals surface area contributed by atoms with Crippen molar-refractivity contribution in [2.75, 3.05) is 32.5 Å². The van der Waals surface area contributed by atoms with Crippen molar-refractivity contribution in [1.82, 2.24) is 24.4 Å². The Morgan fingerprint density at radius 3 is 2.95 bits per heavy atom. The van der Waals surface area contributed by atoms with E-state index >= 15 is 0 Å². The summed E-state index contributed by atoms with van der Waals surface area (Å²) in [6.07, 6.45) is 2.38. The van der Waals surface area contributed by atoms with Gasteiger partial charge in [0.05, 0.1) is 25.6 Å². The third kappa shape index (κ3) is 3.16. The number of anilines is 1. The van der Waals surface area contributed by atoms with E-state index in [-0.39, 0.29) is 6.61 Å². The molecule has 0 amide bonds. The number of aliphatic hydroxyl groups excluding tert-OH is 2. The highest BCUT2D eigenvalue weighted by Crippen LogP contribution is 2.14. The van der Waals surface area contributed by atoms with Gasteiger partial charge in [-0.15, -0.1) is 0 Å². The number of nitrogens with two attached hydrogens (primary N) is 1. The van der Waals surface area contributed by atoms with Crippen molar-refractivity contribution < 1.29 is 10.2 Å². The second kappa shape index (κ2) is 5.91. The van der Waals surface area contributed by atoms with Crippen LogP contribution in [0.2, 0.25) is 0 Å². The number of aliphatic hydroxyl groups is 2. The van der Waals surface area contributed by atoms with E-state index in [1.54, 1.807) is 10.9 Å². The molecule has 19 heavy (non-hydrogen) atoms. The molecule has 0 saturated heterocycles. The van der Waals surface area contributed by atoms with Gasteiger partial charge in [0.2, 0.25) is 0 Å². The van der Waals surface area contributed by atoms with Crippen molar-refractivity contribution in [3.8, 4) is 0 Å². The summed E-state index contributed by atoms with van der Waals surface area (Å²) in [5, 5.41) is 18.8. The van der Waals surface area contributed by atoms with Gasteiger partial charge in [-0.1, -0.05) is 0 Å². The molecular weight excluding hydrogens is 248 g/mol. The average molecular weight is 266 g/mol. The van der Waals surface area contributed by atoms with Gasteiger partial charge in [-0.25, -0.2) is 15.0 Å². The Morgan fingerprint density at radius 2 is 2.21 bits per heavy atom. The second-order valence-electron chi connectivity index (χ2n) is 4.47. The van der Waals surface area contributed by atoms with E-state index in [0.717, 1.165) is 0 Å². The normalized spacial score (nSPS) is 13.3. The molecule has 2 aromatic heterocycles. The maximum atomic E-state index is 10.0. The fourth-order valence-corrected chi connectivity index (χ4v) is 1.94. The van der Waals surface area contributed by atoms with Gasteiger partial charge in [0, 0.05) is 13.1 Å². The SMILES string of the molecule is CN(CCO)CC(O)Cn1cnc2c(N)ncnc21. The number of likely N-dealkylation sites (N-methyl/N-ethyl adjacent to an activating group) is 1. The lowest BCUT2D eigenvalue weighted by atomic mass is 10.3. The van der Waals surface area contributed by atoms with Gasteiger partial charge in [-0.2, -0.15) is 0 Å². The van der Waals surface area contributed by atoms with Crippen molar-refractivity contribution in [1.29, 1.82) is 0 Å². The fraction of sp³-hybridized carbons (Fsp3) is 0.545. The molecule has 0 saturated carbocycles. The maximum absolute atomic E-state index is 10.0. The van der Waals surface area contributed by atoms with Crippen LogP contribution in [0.5, 0.6) is 0 Å². The van der Waals surface area contributed by atoms with Gasteiger partial charge >= 0.3 is 0 Å². The quantitative estimate of drug-likeness (QED) is 0.595. The molecule has 0 aliphatic rings. The van der Waals surface area contributed by atoms with Gasteiger partial charge in [0.15, 0.2) is 11.5 Å². The van der Waals surface area contributed by atoms with Crippen LogP contribution in [0.1, 0.15) is 0 Å². The van der Waals surface area contributed by atoms with Crippen LogP contribution in [0.3, 0.4) is 0 Å². The second-order valence-corrected chi connectivity index (χ2v) is 4.47. The fourth-order valence-electron chi connectivity index (χ4n) is 1.94.